The van der Waals surface area contributed by atoms with Crippen LogP contribution >= 0.6 is 0 Å². The first-order valence-electron chi connectivity index (χ1n) is 11.8. The fraction of sp³-hybridized carbons (Fsp3) is 0.241. The van der Waals surface area contributed by atoms with E-state index >= 15 is 0 Å². The van der Waals surface area contributed by atoms with E-state index in [0.717, 1.165) is 22.6 Å². The van der Waals surface area contributed by atoms with Crippen LogP contribution in [0.25, 0.3) is 5.76 Å². The van der Waals surface area contributed by atoms with E-state index in [1.54, 1.807) is 24.3 Å². The lowest BCUT2D eigenvalue weighted by Crippen LogP contribution is -2.29. The minimum absolute atomic E-state index is 0.0352. The van der Waals surface area contributed by atoms with Gasteiger partial charge in [0.2, 0.25) is 0 Å². The number of para-hydroxylation sites is 1. The van der Waals surface area contributed by atoms with Crippen molar-refractivity contribution in [2.75, 3.05) is 32.7 Å². The van der Waals surface area contributed by atoms with Crippen LogP contribution in [0.2, 0.25) is 0 Å². The summed E-state index contributed by atoms with van der Waals surface area (Å²) in [5.41, 5.74) is 2.93. The smallest absolute Gasteiger partial charge is 0.295 e. The molecule has 1 unspecified atom stereocenters. The van der Waals surface area contributed by atoms with Gasteiger partial charge in [-0.1, -0.05) is 36.4 Å². The molecule has 1 saturated heterocycles. The Balaban J connectivity index is 1.82. The van der Waals surface area contributed by atoms with Gasteiger partial charge in [0.15, 0.2) is 0 Å². The molecule has 186 valence electrons. The average molecular weight is 487 g/mol. The van der Waals surface area contributed by atoms with E-state index in [2.05, 4.69) is 0 Å². The number of carbonyl (C=O) groups is 2. The van der Waals surface area contributed by atoms with Crippen molar-refractivity contribution >= 4 is 23.1 Å². The first kappa shape index (κ1) is 24.9. The zero-order chi connectivity index (χ0) is 25.8. The number of hydrogen-bond acceptors (Lipinski definition) is 6. The highest BCUT2D eigenvalue weighted by Gasteiger charge is 2.46. The van der Waals surface area contributed by atoms with E-state index < -0.39 is 17.7 Å². The molecule has 3 aromatic carbocycles. The summed E-state index contributed by atoms with van der Waals surface area (Å²) in [4.78, 5) is 30.1. The topological polar surface area (TPSA) is 79.3 Å². The number of ketones is 1. The van der Waals surface area contributed by atoms with Gasteiger partial charge in [-0.05, 0) is 54.4 Å². The summed E-state index contributed by atoms with van der Waals surface area (Å²) in [6.07, 6.45) is 0. The monoisotopic (exact) mass is 486 g/mol. The third-order valence-corrected chi connectivity index (χ3v) is 6.21. The number of methoxy groups -OCH3 is 1. The molecule has 0 radical (unpaired) electrons. The molecule has 4 rings (SSSR count). The molecule has 0 spiro atoms. The largest absolute Gasteiger partial charge is 0.507 e. The fourth-order valence-electron chi connectivity index (χ4n) is 4.38. The number of carbonyl (C=O) groups excluding carboxylic acids is 2. The molecule has 7 heteroatoms. The van der Waals surface area contributed by atoms with Crippen LogP contribution in [-0.2, 0) is 16.1 Å². The number of rotatable bonds is 8. The van der Waals surface area contributed by atoms with Crippen LogP contribution in [-0.4, -0.2) is 49.5 Å². The molecule has 0 aromatic heterocycles. The maximum Gasteiger partial charge on any atom is 0.295 e. The second kappa shape index (κ2) is 10.6. The predicted molar refractivity (Wildman–Crippen MR) is 139 cm³/mol. The Labute approximate surface area is 211 Å². The summed E-state index contributed by atoms with van der Waals surface area (Å²) in [5, 5.41) is 11.3. The van der Waals surface area contributed by atoms with Crippen molar-refractivity contribution in [3.05, 3.63) is 95.1 Å². The molecule has 1 atom stereocenters. The number of amides is 1. The van der Waals surface area contributed by atoms with Crippen molar-refractivity contribution < 1.29 is 24.2 Å². The summed E-state index contributed by atoms with van der Waals surface area (Å²) in [7, 11) is 5.37. The van der Waals surface area contributed by atoms with Crippen molar-refractivity contribution in [3.63, 3.8) is 0 Å². The second-order valence-corrected chi connectivity index (χ2v) is 8.69. The number of aliphatic hydroxyl groups excluding tert-OH is 1. The number of aliphatic hydroxyl groups is 1. The highest BCUT2D eigenvalue weighted by molar-refractivity contribution is 6.46. The third kappa shape index (κ3) is 4.77. The van der Waals surface area contributed by atoms with Crippen molar-refractivity contribution in [1.29, 1.82) is 0 Å². The lowest BCUT2D eigenvalue weighted by atomic mass is 9.94. The van der Waals surface area contributed by atoms with Gasteiger partial charge in [0.05, 0.1) is 30.9 Å². The molecular formula is C29H30N2O5. The van der Waals surface area contributed by atoms with Crippen LogP contribution in [0.3, 0.4) is 0 Å². The van der Waals surface area contributed by atoms with Crippen molar-refractivity contribution in [2.24, 2.45) is 0 Å². The Morgan fingerprint density at radius 3 is 2.25 bits per heavy atom. The Morgan fingerprint density at radius 2 is 1.64 bits per heavy atom. The van der Waals surface area contributed by atoms with Gasteiger partial charge in [0.1, 0.15) is 17.3 Å². The maximum atomic E-state index is 13.3. The Morgan fingerprint density at radius 1 is 0.972 bits per heavy atom. The van der Waals surface area contributed by atoms with Gasteiger partial charge in [-0.15, -0.1) is 0 Å². The van der Waals surface area contributed by atoms with Gasteiger partial charge in [0, 0.05) is 26.3 Å². The van der Waals surface area contributed by atoms with E-state index in [9.17, 15) is 14.7 Å². The SMILES string of the molecule is CCOc1ccc(CN2C(=O)C(=O)/C(=C(\O)c3ccccc3OC)C2c2ccc(N(C)C)cc2)cc1. The summed E-state index contributed by atoms with van der Waals surface area (Å²) in [6.45, 7) is 2.66. The van der Waals surface area contributed by atoms with Gasteiger partial charge in [-0.3, -0.25) is 9.59 Å². The number of nitrogens with zero attached hydrogens (tertiary/aromatic N) is 2. The summed E-state index contributed by atoms with van der Waals surface area (Å²) < 4.78 is 10.9. The average Bonchev–Trinajstić information content (AvgIpc) is 3.14. The van der Waals surface area contributed by atoms with Gasteiger partial charge in [-0.25, -0.2) is 0 Å². The summed E-state index contributed by atoms with van der Waals surface area (Å²) in [6, 6.07) is 21.2. The second-order valence-electron chi connectivity index (χ2n) is 8.69. The Bertz CT molecular complexity index is 1280. The molecule has 1 heterocycles. The first-order valence-corrected chi connectivity index (χ1v) is 11.8. The molecule has 0 saturated carbocycles. The normalized spacial score (nSPS) is 16.8. The van der Waals surface area contributed by atoms with E-state index in [4.69, 9.17) is 9.47 Å². The van der Waals surface area contributed by atoms with Crippen LogP contribution in [0.15, 0.2) is 78.4 Å². The number of hydrogen-bond donors (Lipinski definition) is 1. The molecule has 0 aliphatic carbocycles. The molecule has 36 heavy (non-hydrogen) atoms. The Kier molecular flexibility index (Phi) is 7.29. The zero-order valence-electron chi connectivity index (χ0n) is 20.9. The van der Waals surface area contributed by atoms with Crippen LogP contribution in [0.4, 0.5) is 5.69 Å². The lowest BCUT2D eigenvalue weighted by Gasteiger charge is -2.26. The number of ether oxygens (including phenoxy) is 2. The van der Waals surface area contributed by atoms with Crippen molar-refractivity contribution in [2.45, 2.75) is 19.5 Å². The van der Waals surface area contributed by atoms with E-state index in [0.29, 0.717) is 17.9 Å². The highest BCUT2D eigenvalue weighted by atomic mass is 16.5. The molecule has 1 aliphatic heterocycles. The van der Waals surface area contributed by atoms with Gasteiger partial charge in [0.25, 0.3) is 11.7 Å². The van der Waals surface area contributed by atoms with Crippen LogP contribution in [0.5, 0.6) is 11.5 Å². The number of anilines is 1. The molecule has 0 bridgehead atoms. The van der Waals surface area contributed by atoms with Crippen molar-refractivity contribution in [3.8, 4) is 11.5 Å². The van der Waals surface area contributed by atoms with Gasteiger partial charge >= 0.3 is 0 Å². The minimum Gasteiger partial charge on any atom is -0.507 e. The van der Waals surface area contributed by atoms with E-state index in [-0.39, 0.29) is 17.9 Å². The van der Waals surface area contributed by atoms with Gasteiger partial charge in [-0.2, -0.15) is 0 Å². The fourth-order valence-corrected chi connectivity index (χ4v) is 4.38. The summed E-state index contributed by atoms with van der Waals surface area (Å²) in [5.74, 6) is -0.514. The maximum absolute atomic E-state index is 13.3. The lowest BCUT2D eigenvalue weighted by molar-refractivity contribution is -0.140. The first-order chi connectivity index (χ1) is 17.3. The zero-order valence-corrected chi connectivity index (χ0v) is 20.9. The molecule has 1 aliphatic rings. The van der Waals surface area contributed by atoms with Gasteiger partial charge < -0.3 is 24.4 Å². The van der Waals surface area contributed by atoms with E-state index in [1.165, 1.54) is 12.0 Å². The predicted octanol–water partition coefficient (Wildman–Crippen LogP) is 4.78. The quantitative estimate of drug-likeness (QED) is 0.280. The molecular weight excluding hydrogens is 456 g/mol. The van der Waals surface area contributed by atoms with Crippen LogP contribution in [0, 0.1) is 0 Å². The molecule has 1 N–H and O–H groups in total. The number of likely N-dealkylation sites (tertiary alicyclic amines) is 1. The summed E-state index contributed by atoms with van der Waals surface area (Å²) >= 11 is 0. The minimum atomic E-state index is -0.766. The molecule has 1 amide bonds. The standard InChI is InChI=1S/C29H30N2O5/c1-5-36-22-16-10-19(11-17-22)18-31-26(20-12-14-21(15-13-20)30(2)3)25(28(33)29(31)34)27(32)23-8-6-7-9-24(23)35-4/h6-17,26,32H,5,18H2,1-4H3/b27-25-. The molecule has 7 nitrogen and oxygen atoms in total. The molecule has 3 aromatic rings. The van der Waals surface area contributed by atoms with E-state index in [1.807, 2.05) is 74.4 Å². The third-order valence-electron chi connectivity index (χ3n) is 6.21. The van der Waals surface area contributed by atoms with Crippen molar-refractivity contribution in [1.82, 2.24) is 4.90 Å². The number of Topliss-reactive ketones (excluding diaryl/α,β-unsaturated/α-hetero) is 1. The Hall–Kier alpha value is -4.26. The number of benzene rings is 3. The van der Waals surface area contributed by atoms with Crippen LogP contribution in [0.1, 0.15) is 29.7 Å². The highest BCUT2D eigenvalue weighted by Crippen LogP contribution is 2.42. The van der Waals surface area contributed by atoms with Crippen LogP contribution < -0.4 is 14.4 Å². The molecule has 1 fully saturated rings.